The number of thiazole rings is 1. The van der Waals surface area contributed by atoms with Crippen LogP contribution in [0.5, 0.6) is 5.75 Å². The molecule has 246 valence electrons. The molecule has 4 heterocycles. The molecule has 1 aliphatic carbocycles. The second kappa shape index (κ2) is 12.5. The minimum absolute atomic E-state index is 0.148. The fraction of sp³-hybridized carbons (Fsp3) is 0.316. The number of hydrogen-bond donors (Lipinski definition) is 0. The van der Waals surface area contributed by atoms with Gasteiger partial charge in [-0.25, -0.2) is 9.79 Å². The van der Waals surface area contributed by atoms with Crippen LogP contribution in [0.4, 0.5) is 0 Å². The van der Waals surface area contributed by atoms with E-state index in [0.717, 1.165) is 69.5 Å². The molecule has 0 unspecified atom stereocenters. The normalized spacial score (nSPS) is 16.1. The number of Topliss-reactive ketones (excluding diaryl/α,β-unsaturated/α-hetero) is 1. The van der Waals surface area contributed by atoms with Crippen LogP contribution in [0.15, 0.2) is 63.5 Å². The summed E-state index contributed by atoms with van der Waals surface area (Å²) in [5.74, 6) is 0.168. The van der Waals surface area contributed by atoms with Gasteiger partial charge in [-0.2, -0.15) is 0 Å². The molecule has 10 heteroatoms. The number of thiophene rings is 1. The number of ketones is 1. The number of ether oxygens (including phenoxy) is 2. The van der Waals surface area contributed by atoms with Crippen molar-refractivity contribution >= 4 is 51.3 Å². The van der Waals surface area contributed by atoms with E-state index in [1.54, 1.807) is 23.0 Å². The lowest BCUT2D eigenvalue weighted by Crippen LogP contribution is -2.39. The summed E-state index contributed by atoms with van der Waals surface area (Å²) in [6.45, 7) is 9.54. The average Bonchev–Trinajstić information content (AvgIpc) is 3.69. The van der Waals surface area contributed by atoms with E-state index in [0.29, 0.717) is 38.5 Å². The SMILES string of the molecule is CCOC(=O)c1c(-n2c(C)cc(/C=c3/sc4n(c3=O)[C@H](c3c(OC)ccc5ccccc35)C(C(C)=O)=C(C)N=4)c2C)sc2c1CCCC2. The van der Waals surface area contributed by atoms with Crippen molar-refractivity contribution in [3.63, 3.8) is 0 Å². The maximum atomic E-state index is 14.5. The zero-order valence-electron chi connectivity index (χ0n) is 27.9. The van der Waals surface area contributed by atoms with E-state index in [1.165, 1.54) is 23.1 Å². The standard InChI is InChI=1S/C38H37N3O5S2/c1-7-46-37(44)33-27-14-10-11-15-29(27)47-36(33)40-20(2)18-25(22(40)4)19-30-35(43)41-34(31(23(5)42)21(3)39-38(41)48-30)32-26-13-9-8-12-24(26)16-17-28(32)45-6/h8-9,12-13,16-19,34H,7,10-11,14-15H2,1-6H3/b30-19+/t34-/m0/s1. The number of aryl methyl sites for hydroxylation is 2. The van der Waals surface area contributed by atoms with Crippen LogP contribution >= 0.6 is 22.7 Å². The van der Waals surface area contributed by atoms with Gasteiger partial charge in [-0.3, -0.25) is 14.2 Å². The maximum Gasteiger partial charge on any atom is 0.341 e. The van der Waals surface area contributed by atoms with E-state index in [-0.39, 0.29) is 17.3 Å². The fourth-order valence-corrected chi connectivity index (χ4v) is 9.81. The summed E-state index contributed by atoms with van der Waals surface area (Å²) in [5, 5.41) is 2.77. The number of rotatable bonds is 7. The number of allylic oxidation sites excluding steroid dienone is 2. The molecule has 5 aromatic rings. The van der Waals surface area contributed by atoms with Crippen molar-refractivity contribution in [3.05, 3.63) is 112 Å². The third-order valence-corrected chi connectivity index (χ3v) is 11.7. The van der Waals surface area contributed by atoms with Crippen molar-refractivity contribution in [2.24, 2.45) is 4.99 Å². The molecule has 0 saturated carbocycles. The Hall–Kier alpha value is -4.54. The van der Waals surface area contributed by atoms with Crippen LogP contribution in [0, 0.1) is 13.8 Å². The maximum absolute atomic E-state index is 14.5. The molecule has 0 N–H and O–H groups in total. The number of aromatic nitrogens is 2. The highest BCUT2D eigenvalue weighted by Gasteiger charge is 2.34. The minimum Gasteiger partial charge on any atom is -0.496 e. The molecule has 2 aromatic carbocycles. The van der Waals surface area contributed by atoms with Gasteiger partial charge in [0.05, 0.1) is 29.9 Å². The Morgan fingerprint density at radius 3 is 2.58 bits per heavy atom. The van der Waals surface area contributed by atoms with Gasteiger partial charge in [0.15, 0.2) is 10.6 Å². The first-order valence-corrected chi connectivity index (χ1v) is 17.9. The average molecular weight is 680 g/mol. The Morgan fingerprint density at radius 2 is 1.83 bits per heavy atom. The van der Waals surface area contributed by atoms with Crippen LogP contribution < -0.4 is 19.6 Å². The fourth-order valence-electron chi connectivity index (χ4n) is 7.29. The second-order valence-electron chi connectivity index (χ2n) is 12.3. The second-order valence-corrected chi connectivity index (χ2v) is 14.4. The van der Waals surface area contributed by atoms with Crippen molar-refractivity contribution in [1.82, 2.24) is 9.13 Å². The Bertz CT molecular complexity index is 2370. The highest BCUT2D eigenvalue weighted by Crippen LogP contribution is 2.41. The van der Waals surface area contributed by atoms with Crippen LogP contribution in [0.1, 0.15) is 83.0 Å². The molecule has 7 rings (SSSR count). The van der Waals surface area contributed by atoms with Crippen molar-refractivity contribution in [3.8, 4) is 10.8 Å². The summed E-state index contributed by atoms with van der Waals surface area (Å²) < 4.78 is 15.7. The number of carbonyl (C=O) groups is 2. The van der Waals surface area contributed by atoms with Gasteiger partial charge in [0.2, 0.25) is 0 Å². The van der Waals surface area contributed by atoms with Crippen molar-refractivity contribution < 1.29 is 19.1 Å². The summed E-state index contributed by atoms with van der Waals surface area (Å²) in [4.78, 5) is 47.6. The third kappa shape index (κ3) is 5.09. The van der Waals surface area contributed by atoms with Gasteiger partial charge in [-0.05, 0) is 100 Å². The monoisotopic (exact) mass is 679 g/mol. The summed E-state index contributed by atoms with van der Waals surface area (Å²) in [6, 6.07) is 13.1. The smallest absolute Gasteiger partial charge is 0.341 e. The number of methoxy groups -OCH3 is 1. The van der Waals surface area contributed by atoms with Gasteiger partial charge in [-0.1, -0.05) is 41.7 Å². The highest BCUT2D eigenvalue weighted by molar-refractivity contribution is 7.15. The number of carbonyl (C=O) groups excluding carboxylic acids is 2. The molecule has 0 spiro atoms. The quantitative estimate of drug-likeness (QED) is 0.183. The molecule has 0 saturated heterocycles. The van der Waals surface area contributed by atoms with Crippen molar-refractivity contribution in [2.75, 3.05) is 13.7 Å². The molecule has 8 nitrogen and oxygen atoms in total. The van der Waals surface area contributed by atoms with Crippen LogP contribution in [0.3, 0.4) is 0 Å². The number of hydrogen-bond acceptors (Lipinski definition) is 8. The Morgan fingerprint density at radius 1 is 1.06 bits per heavy atom. The van der Waals surface area contributed by atoms with Crippen LogP contribution in [0.25, 0.3) is 21.8 Å². The van der Waals surface area contributed by atoms with Gasteiger partial charge in [0.25, 0.3) is 5.56 Å². The van der Waals surface area contributed by atoms with Gasteiger partial charge >= 0.3 is 5.97 Å². The lowest BCUT2D eigenvalue weighted by Gasteiger charge is -2.27. The first kappa shape index (κ1) is 32.0. The number of esters is 1. The number of nitrogens with zero attached hydrogens (tertiary/aromatic N) is 3. The van der Waals surface area contributed by atoms with Gasteiger partial charge in [-0.15, -0.1) is 11.3 Å². The van der Waals surface area contributed by atoms with Crippen LogP contribution in [-0.4, -0.2) is 34.6 Å². The zero-order valence-corrected chi connectivity index (χ0v) is 29.6. The molecule has 0 bridgehead atoms. The molecule has 0 radical (unpaired) electrons. The minimum atomic E-state index is -0.709. The van der Waals surface area contributed by atoms with Crippen LogP contribution in [0.2, 0.25) is 0 Å². The van der Waals surface area contributed by atoms with Crippen molar-refractivity contribution in [2.45, 2.75) is 66.3 Å². The molecule has 1 aliphatic heterocycles. The van der Waals surface area contributed by atoms with E-state index in [9.17, 15) is 14.4 Å². The van der Waals surface area contributed by atoms with E-state index in [1.807, 2.05) is 70.2 Å². The largest absolute Gasteiger partial charge is 0.496 e. The number of benzene rings is 2. The lowest BCUT2D eigenvalue weighted by atomic mass is 9.89. The molecule has 1 atom stereocenters. The molecular formula is C38H37N3O5S2. The topological polar surface area (TPSA) is 91.9 Å². The molecule has 48 heavy (non-hydrogen) atoms. The predicted octanol–water partition coefficient (Wildman–Crippen LogP) is 6.51. The predicted molar refractivity (Wildman–Crippen MR) is 191 cm³/mol. The molecule has 3 aromatic heterocycles. The summed E-state index contributed by atoms with van der Waals surface area (Å²) in [6.07, 6.45) is 5.91. The molecule has 0 amide bonds. The van der Waals surface area contributed by atoms with Gasteiger partial charge < -0.3 is 14.0 Å². The third-order valence-electron chi connectivity index (χ3n) is 9.42. The lowest BCUT2D eigenvalue weighted by molar-refractivity contribution is -0.114. The van der Waals surface area contributed by atoms with E-state index in [2.05, 4.69) is 10.6 Å². The highest BCUT2D eigenvalue weighted by atomic mass is 32.1. The Kier molecular flexibility index (Phi) is 8.33. The van der Waals surface area contributed by atoms with Crippen molar-refractivity contribution in [1.29, 1.82) is 0 Å². The van der Waals surface area contributed by atoms with E-state index < -0.39 is 6.04 Å². The first-order valence-electron chi connectivity index (χ1n) is 16.2. The first-order chi connectivity index (χ1) is 23.1. The Balaban J connectivity index is 1.43. The van der Waals surface area contributed by atoms with Gasteiger partial charge in [0, 0.05) is 33.1 Å². The molecular weight excluding hydrogens is 643 g/mol. The summed E-state index contributed by atoms with van der Waals surface area (Å²) in [7, 11) is 1.61. The summed E-state index contributed by atoms with van der Waals surface area (Å²) in [5.41, 5.74) is 6.13. The van der Waals surface area contributed by atoms with E-state index in [4.69, 9.17) is 14.5 Å². The molecule has 0 fully saturated rings. The van der Waals surface area contributed by atoms with Gasteiger partial charge in [0.1, 0.15) is 10.8 Å². The van der Waals surface area contributed by atoms with Crippen LogP contribution in [-0.2, 0) is 22.4 Å². The zero-order chi connectivity index (χ0) is 33.9. The molecule has 2 aliphatic rings. The Labute approximate surface area is 286 Å². The summed E-state index contributed by atoms with van der Waals surface area (Å²) >= 11 is 2.98. The number of fused-ring (bicyclic) bond motifs is 3. The van der Waals surface area contributed by atoms with E-state index >= 15 is 0 Å².